The number of hydrogen-bond acceptors (Lipinski definition) is 7. The van der Waals surface area contributed by atoms with Crippen LogP contribution in [-0.4, -0.2) is 26.0 Å². The van der Waals surface area contributed by atoms with Gasteiger partial charge in [-0.15, -0.1) is 11.3 Å². The normalized spacial score (nSPS) is 11.9. The number of thioether (sulfide) groups is 1. The standard InChI is InChI=1S/C21H16N4O3S2/c1-13(30-19-10-9-14-5-2-3-8-17(14)22-19)20(26)24-21-23-18(12-29-21)15-6-4-7-16(11-15)25(27)28/h2-13H,1H3,(H,23,24,26). The molecule has 30 heavy (non-hydrogen) atoms. The van der Waals surface area contributed by atoms with Gasteiger partial charge in [0.1, 0.15) is 0 Å². The predicted molar refractivity (Wildman–Crippen MR) is 120 cm³/mol. The van der Waals surface area contributed by atoms with Crippen LogP contribution in [0.1, 0.15) is 6.92 Å². The first kappa shape index (κ1) is 20.0. The number of carbonyl (C=O) groups is 1. The van der Waals surface area contributed by atoms with Gasteiger partial charge in [0.05, 0.1) is 26.4 Å². The van der Waals surface area contributed by atoms with E-state index < -0.39 is 4.92 Å². The molecule has 7 nitrogen and oxygen atoms in total. The molecule has 0 bridgehead atoms. The molecule has 0 aliphatic heterocycles. The van der Waals surface area contributed by atoms with E-state index in [0.29, 0.717) is 16.4 Å². The largest absolute Gasteiger partial charge is 0.301 e. The zero-order valence-corrected chi connectivity index (χ0v) is 17.4. The van der Waals surface area contributed by atoms with Gasteiger partial charge in [-0.25, -0.2) is 9.97 Å². The average molecular weight is 437 g/mol. The topological polar surface area (TPSA) is 98.0 Å². The van der Waals surface area contributed by atoms with E-state index in [1.165, 1.54) is 35.2 Å². The van der Waals surface area contributed by atoms with Crippen LogP contribution in [0.4, 0.5) is 10.8 Å². The highest BCUT2D eigenvalue weighted by atomic mass is 32.2. The van der Waals surface area contributed by atoms with E-state index in [0.717, 1.165) is 15.9 Å². The molecule has 2 aromatic heterocycles. The molecule has 1 amide bonds. The minimum Gasteiger partial charge on any atom is -0.301 e. The molecule has 1 N–H and O–H groups in total. The van der Waals surface area contributed by atoms with Crippen molar-refractivity contribution in [3.8, 4) is 11.3 Å². The number of para-hydroxylation sites is 1. The lowest BCUT2D eigenvalue weighted by molar-refractivity contribution is -0.384. The highest BCUT2D eigenvalue weighted by Gasteiger charge is 2.18. The smallest absolute Gasteiger partial charge is 0.270 e. The summed E-state index contributed by atoms with van der Waals surface area (Å²) < 4.78 is 0. The van der Waals surface area contributed by atoms with Crippen molar-refractivity contribution in [2.24, 2.45) is 0 Å². The van der Waals surface area contributed by atoms with Crippen molar-refractivity contribution in [1.29, 1.82) is 0 Å². The van der Waals surface area contributed by atoms with Crippen molar-refractivity contribution in [2.45, 2.75) is 17.2 Å². The number of hydrogen-bond donors (Lipinski definition) is 1. The van der Waals surface area contributed by atoms with E-state index in [-0.39, 0.29) is 16.8 Å². The maximum atomic E-state index is 12.6. The highest BCUT2D eigenvalue weighted by Crippen LogP contribution is 2.29. The molecule has 1 atom stereocenters. The number of rotatable bonds is 6. The second-order valence-electron chi connectivity index (χ2n) is 6.44. The Kier molecular flexibility index (Phi) is 5.73. The molecule has 0 aliphatic carbocycles. The molecule has 2 heterocycles. The van der Waals surface area contributed by atoms with Crippen molar-refractivity contribution >= 4 is 50.7 Å². The van der Waals surface area contributed by atoms with Gasteiger partial charge in [-0.05, 0) is 19.1 Å². The number of benzene rings is 2. The Bertz CT molecular complexity index is 1240. The zero-order valence-electron chi connectivity index (χ0n) is 15.8. The maximum absolute atomic E-state index is 12.6. The van der Waals surface area contributed by atoms with Gasteiger partial charge in [-0.1, -0.05) is 48.2 Å². The van der Waals surface area contributed by atoms with E-state index in [1.54, 1.807) is 17.5 Å². The van der Waals surface area contributed by atoms with Gasteiger partial charge in [-0.2, -0.15) is 0 Å². The van der Waals surface area contributed by atoms with Crippen LogP contribution in [-0.2, 0) is 4.79 Å². The SMILES string of the molecule is CC(Sc1ccc2ccccc2n1)C(=O)Nc1nc(-c2cccc([N+](=O)[O-])c2)cs1. The lowest BCUT2D eigenvalue weighted by atomic mass is 10.1. The number of fused-ring (bicyclic) bond motifs is 1. The Balaban J connectivity index is 1.43. The fourth-order valence-corrected chi connectivity index (χ4v) is 4.35. The summed E-state index contributed by atoms with van der Waals surface area (Å²) in [7, 11) is 0. The summed E-state index contributed by atoms with van der Waals surface area (Å²) in [5.41, 5.74) is 2.09. The number of thiazole rings is 1. The van der Waals surface area contributed by atoms with Crippen molar-refractivity contribution in [1.82, 2.24) is 9.97 Å². The van der Waals surface area contributed by atoms with Crippen molar-refractivity contribution in [3.05, 3.63) is 76.2 Å². The van der Waals surface area contributed by atoms with E-state index in [1.807, 2.05) is 43.3 Å². The number of pyridine rings is 1. The second-order valence-corrected chi connectivity index (χ2v) is 8.66. The zero-order chi connectivity index (χ0) is 21.1. The molecule has 4 aromatic rings. The number of non-ortho nitro benzene ring substituents is 1. The first-order valence-electron chi connectivity index (χ1n) is 9.03. The summed E-state index contributed by atoms with van der Waals surface area (Å²) in [6.45, 7) is 1.81. The van der Waals surface area contributed by atoms with Crippen LogP contribution in [0.5, 0.6) is 0 Å². The van der Waals surface area contributed by atoms with Crippen molar-refractivity contribution in [2.75, 3.05) is 5.32 Å². The number of aromatic nitrogens is 2. The van der Waals surface area contributed by atoms with Gasteiger partial charge < -0.3 is 5.32 Å². The Morgan fingerprint density at radius 1 is 1.13 bits per heavy atom. The molecule has 0 aliphatic rings. The quantitative estimate of drug-likeness (QED) is 0.247. The third-order valence-electron chi connectivity index (χ3n) is 4.33. The van der Waals surface area contributed by atoms with Crippen LogP contribution in [0, 0.1) is 10.1 Å². The monoisotopic (exact) mass is 436 g/mol. The molecule has 2 aromatic carbocycles. The number of nitro groups is 1. The van der Waals surface area contributed by atoms with Gasteiger partial charge in [0, 0.05) is 28.5 Å². The van der Waals surface area contributed by atoms with Gasteiger partial charge in [0.2, 0.25) is 5.91 Å². The van der Waals surface area contributed by atoms with Gasteiger partial charge in [-0.3, -0.25) is 14.9 Å². The van der Waals surface area contributed by atoms with E-state index in [9.17, 15) is 14.9 Å². The molecule has 0 saturated carbocycles. The lowest BCUT2D eigenvalue weighted by Crippen LogP contribution is -2.22. The summed E-state index contributed by atoms with van der Waals surface area (Å²) in [5.74, 6) is -0.185. The molecular formula is C21H16N4O3S2. The summed E-state index contributed by atoms with van der Waals surface area (Å²) >= 11 is 2.65. The summed E-state index contributed by atoms with van der Waals surface area (Å²) in [6.07, 6.45) is 0. The van der Waals surface area contributed by atoms with E-state index >= 15 is 0 Å². The lowest BCUT2D eigenvalue weighted by Gasteiger charge is -2.10. The summed E-state index contributed by atoms with van der Waals surface area (Å²) in [6, 6.07) is 18.0. The van der Waals surface area contributed by atoms with Gasteiger partial charge in [0.25, 0.3) is 5.69 Å². The van der Waals surface area contributed by atoms with Crippen LogP contribution in [0.2, 0.25) is 0 Å². The Labute approximate surface area is 180 Å². The first-order chi connectivity index (χ1) is 14.5. The second kappa shape index (κ2) is 8.60. The highest BCUT2D eigenvalue weighted by molar-refractivity contribution is 8.00. The van der Waals surface area contributed by atoms with Crippen molar-refractivity contribution in [3.63, 3.8) is 0 Å². The molecule has 1 unspecified atom stereocenters. The Hall–Kier alpha value is -3.30. The molecule has 150 valence electrons. The Morgan fingerprint density at radius 2 is 1.97 bits per heavy atom. The number of amides is 1. The third-order valence-corrected chi connectivity index (χ3v) is 6.12. The van der Waals surface area contributed by atoms with Crippen LogP contribution < -0.4 is 5.32 Å². The van der Waals surface area contributed by atoms with Gasteiger partial charge >= 0.3 is 0 Å². The summed E-state index contributed by atoms with van der Waals surface area (Å²) in [4.78, 5) is 32.1. The van der Waals surface area contributed by atoms with Gasteiger partial charge in [0.15, 0.2) is 5.13 Å². The van der Waals surface area contributed by atoms with Crippen LogP contribution in [0.3, 0.4) is 0 Å². The number of nitro benzene ring substituents is 1. The van der Waals surface area contributed by atoms with Crippen LogP contribution in [0.25, 0.3) is 22.2 Å². The van der Waals surface area contributed by atoms with E-state index in [2.05, 4.69) is 15.3 Å². The fraction of sp³-hybridized carbons (Fsp3) is 0.0952. The maximum Gasteiger partial charge on any atom is 0.270 e. The first-order valence-corrected chi connectivity index (χ1v) is 10.8. The number of carbonyl (C=O) groups excluding carboxylic acids is 1. The number of nitrogens with zero attached hydrogens (tertiary/aromatic N) is 3. The summed E-state index contributed by atoms with van der Waals surface area (Å²) in [5, 5.41) is 17.4. The molecule has 0 spiro atoms. The molecule has 0 fully saturated rings. The molecule has 0 radical (unpaired) electrons. The Morgan fingerprint density at radius 3 is 2.80 bits per heavy atom. The van der Waals surface area contributed by atoms with Crippen LogP contribution in [0.15, 0.2) is 71.1 Å². The predicted octanol–water partition coefficient (Wildman–Crippen LogP) is 5.39. The minimum atomic E-state index is -0.446. The molecule has 9 heteroatoms. The average Bonchev–Trinajstić information content (AvgIpc) is 3.22. The third kappa shape index (κ3) is 4.47. The van der Waals surface area contributed by atoms with Crippen LogP contribution >= 0.6 is 23.1 Å². The molecule has 0 saturated heterocycles. The minimum absolute atomic E-state index is 0.000933. The number of anilines is 1. The molecule has 4 rings (SSSR count). The fourth-order valence-electron chi connectivity index (χ4n) is 2.80. The number of nitrogens with one attached hydrogen (secondary N) is 1. The molecular weight excluding hydrogens is 420 g/mol. The van der Waals surface area contributed by atoms with Crippen molar-refractivity contribution < 1.29 is 9.72 Å². The van der Waals surface area contributed by atoms with E-state index in [4.69, 9.17) is 0 Å².